The van der Waals surface area contributed by atoms with Crippen LogP contribution < -0.4 is 15.4 Å². The third kappa shape index (κ3) is 5.23. The van der Waals surface area contributed by atoms with Gasteiger partial charge in [-0.05, 0) is 61.0 Å². The topological polar surface area (TPSA) is 73.4 Å². The molecule has 0 heterocycles. The van der Waals surface area contributed by atoms with Crippen LogP contribution in [-0.4, -0.2) is 24.2 Å². The number of ether oxygens (including phenoxy) is 1. The Hall–Kier alpha value is -2.67. The third-order valence-electron chi connectivity index (χ3n) is 4.18. The van der Waals surface area contributed by atoms with E-state index in [-0.39, 0.29) is 6.03 Å². The summed E-state index contributed by atoms with van der Waals surface area (Å²) in [6.07, 6.45) is 0. The lowest BCUT2D eigenvalue weighted by Crippen LogP contribution is -2.28. The SMILES string of the molecule is CCNC(=O)Nc1ccc([S+]([O-])c2ccc(OC)c(-c3cccc(Cl)c3)c2)cc1. The average Bonchev–Trinajstić information content (AvgIpc) is 2.73. The highest BCUT2D eigenvalue weighted by Gasteiger charge is 2.18. The maximum atomic E-state index is 13.1. The highest BCUT2D eigenvalue weighted by molar-refractivity contribution is 7.91. The van der Waals surface area contributed by atoms with E-state index in [1.807, 2.05) is 31.2 Å². The van der Waals surface area contributed by atoms with E-state index < -0.39 is 11.2 Å². The first-order valence-corrected chi connectivity index (χ1v) is 10.5. The molecule has 0 aliphatic rings. The summed E-state index contributed by atoms with van der Waals surface area (Å²) in [7, 11) is 1.60. The second-order valence-electron chi connectivity index (χ2n) is 6.15. The van der Waals surface area contributed by atoms with Crippen LogP contribution in [0, 0.1) is 0 Å². The van der Waals surface area contributed by atoms with Crippen LogP contribution in [0.15, 0.2) is 76.5 Å². The number of amides is 2. The van der Waals surface area contributed by atoms with Crippen molar-refractivity contribution in [2.24, 2.45) is 0 Å². The zero-order valence-corrected chi connectivity index (χ0v) is 17.6. The number of hydrogen-bond donors (Lipinski definition) is 2. The number of halogens is 1. The third-order valence-corrected chi connectivity index (χ3v) is 5.80. The van der Waals surface area contributed by atoms with Gasteiger partial charge in [0.1, 0.15) is 5.75 Å². The molecular formula is C22H21ClN2O3S. The molecule has 0 spiro atoms. The maximum absolute atomic E-state index is 13.1. The van der Waals surface area contributed by atoms with E-state index in [0.717, 1.165) is 11.1 Å². The van der Waals surface area contributed by atoms with Gasteiger partial charge in [0.2, 0.25) is 0 Å². The fourth-order valence-electron chi connectivity index (χ4n) is 2.82. The van der Waals surface area contributed by atoms with Crippen LogP contribution in [-0.2, 0) is 11.2 Å². The molecule has 3 aromatic carbocycles. The molecule has 0 saturated heterocycles. The van der Waals surface area contributed by atoms with Gasteiger partial charge in [-0.3, -0.25) is 0 Å². The Kier molecular flexibility index (Phi) is 7.04. The molecule has 0 aliphatic carbocycles. The predicted molar refractivity (Wildman–Crippen MR) is 117 cm³/mol. The minimum Gasteiger partial charge on any atom is -0.606 e. The van der Waals surface area contributed by atoms with Crippen LogP contribution in [0.1, 0.15) is 6.92 Å². The lowest BCUT2D eigenvalue weighted by molar-refractivity contribution is 0.252. The fraction of sp³-hybridized carbons (Fsp3) is 0.136. The Morgan fingerprint density at radius 2 is 1.79 bits per heavy atom. The summed E-state index contributed by atoms with van der Waals surface area (Å²) in [5, 5.41) is 6.00. The van der Waals surface area contributed by atoms with Crippen molar-refractivity contribution < 1.29 is 14.1 Å². The molecule has 0 aromatic heterocycles. The van der Waals surface area contributed by atoms with E-state index in [2.05, 4.69) is 10.6 Å². The number of hydrogen-bond acceptors (Lipinski definition) is 3. The van der Waals surface area contributed by atoms with Crippen LogP contribution in [0.4, 0.5) is 10.5 Å². The number of carbonyl (C=O) groups is 1. The molecule has 2 amide bonds. The largest absolute Gasteiger partial charge is 0.606 e. The van der Waals surface area contributed by atoms with E-state index in [1.165, 1.54) is 0 Å². The highest BCUT2D eigenvalue weighted by atomic mass is 35.5. The first kappa shape index (κ1) is 21.0. The van der Waals surface area contributed by atoms with Gasteiger partial charge in [0, 0.05) is 40.1 Å². The molecule has 0 aliphatic heterocycles. The van der Waals surface area contributed by atoms with Crippen molar-refractivity contribution in [3.05, 3.63) is 71.8 Å². The van der Waals surface area contributed by atoms with Gasteiger partial charge in [-0.15, -0.1) is 0 Å². The van der Waals surface area contributed by atoms with Gasteiger partial charge in [-0.2, -0.15) is 0 Å². The first-order chi connectivity index (χ1) is 14.0. The molecule has 2 N–H and O–H groups in total. The molecule has 7 heteroatoms. The Balaban J connectivity index is 1.86. The van der Waals surface area contributed by atoms with Crippen LogP contribution in [0.5, 0.6) is 5.75 Å². The second-order valence-corrected chi connectivity index (χ2v) is 8.07. The number of urea groups is 1. The molecule has 1 unspecified atom stereocenters. The van der Waals surface area contributed by atoms with Crippen LogP contribution in [0.2, 0.25) is 5.02 Å². The normalized spacial score (nSPS) is 11.6. The van der Waals surface area contributed by atoms with Gasteiger partial charge in [0.25, 0.3) is 0 Å². The van der Waals surface area contributed by atoms with Gasteiger partial charge >= 0.3 is 6.03 Å². The zero-order valence-electron chi connectivity index (χ0n) is 16.1. The minimum atomic E-state index is -1.39. The fourth-order valence-corrected chi connectivity index (χ4v) is 4.08. The van der Waals surface area contributed by atoms with E-state index in [9.17, 15) is 9.35 Å². The van der Waals surface area contributed by atoms with Gasteiger partial charge in [-0.25, -0.2) is 4.79 Å². The summed E-state index contributed by atoms with van der Waals surface area (Å²) in [4.78, 5) is 12.9. The van der Waals surface area contributed by atoms with E-state index in [0.29, 0.717) is 32.8 Å². The van der Waals surface area contributed by atoms with Crippen molar-refractivity contribution in [1.82, 2.24) is 5.32 Å². The predicted octanol–water partition coefficient (Wildman–Crippen LogP) is 5.32. The van der Waals surface area contributed by atoms with Crippen molar-refractivity contribution in [3.63, 3.8) is 0 Å². The van der Waals surface area contributed by atoms with Crippen molar-refractivity contribution in [3.8, 4) is 16.9 Å². The number of nitrogens with one attached hydrogen (secondary N) is 2. The number of methoxy groups -OCH3 is 1. The molecule has 0 fully saturated rings. The van der Waals surface area contributed by atoms with E-state index in [1.54, 1.807) is 49.6 Å². The monoisotopic (exact) mass is 428 g/mol. The lowest BCUT2D eigenvalue weighted by atomic mass is 10.0. The Morgan fingerprint density at radius 1 is 1.07 bits per heavy atom. The van der Waals surface area contributed by atoms with Gasteiger partial charge in [-0.1, -0.05) is 23.7 Å². The van der Waals surface area contributed by atoms with Crippen LogP contribution in [0.3, 0.4) is 0 Å². The molecule has 29 heavy (non-hydrogen) atoms. The van der Waals surface area contributed by atoms with Crippen molar-refractivity contribution in [2.75, 3.05) is 19.0 Å². The van der Waals surface area contributed by atoms with Crippen molar-refractivity contribution in [1.29, 1.82) is 0 Å². The lowest BCUT2D eigenvalue weighted by Gasteiger charge is -2.14. The first-order valence-electron chi connectivity index (χ1n) is 9.02. The van der Waals surface area contributed by atoms with Crippen molar-refractivity contribution >= 4 is 34.5 Å². The van der Waals surface area contributed by atoms with Gasteiger partial charge in [0.15, 0.2) is 9.79 Å². The summed E-state index contributed by atoms with van der Waals surface area (Å²) >= 11 is 4.74. The highest BCUT2D eigenvalue weighted by Crippen LogP contribution is 2.35. The average molecular weight is 429 g/mol. The Morgan fingerprint density at radius 3 is 2.45 bits per heavy atom. The standard InChI is InChI=1S/C22H21ClN2O3S/c1-3-24-22(26)25-17-7-9-18(10-8-17)29(27)19-11-12-21(28-2)20(14-19)15-5-4-6-16(23)13-15/h4-14H,3H2,1-2H3,(H2,24,25,26). The van der Waals surface area contributed by atoms with Gasteiger partial charge < -0.3 is 19.9 Å². The van der Waals surface area contributed by atoms with Gasteiger partial charge in [0.05, 0.1) is 7.11 Å². The van der Waals surface area contributed by atoms with Crippen molar-refractivity contribution in [2.45, 2.75) is 16.7 Å². The van der Waals surface area contributed by atoms with Crippen LogP contribution >= 0.6 is 11.6 Å². The molecule has 5 nitrogen and oxygen atoms in total. The number of carbonyl (C=O) groups excluding carboxylic acids is 1. The number of anilines is 1. The molecule has 0 radical (unpaired) electrons. The molecular weight excluding hydrogens is 408 g/mol. The number of benzene rings is 3. The van der Waals surface area contributed by atoms with E-state index >= 15 is 0 Å². The Bertz CT molecular complexity index is 996. The minimum absolute atomic E-state index is 0.275. The molecule has 0 saturated carbocycles. The maximum Gasteiger partial charge on any atom is 0.319 e. The smallest absolute Gasteiger partial charge is 0.319 e. The molecule has 1 atom stereocenters. The molecule has 0 bridgehead atoms. The summed E-state index contributed by atoms with van der Waals surface area (Å²) in [6.45, 7) is 2.39. The van der Waals surface area contributed by atoms with Crippen LogP contribution in [0.25, 0.3) is 11.1 Å². The summed E-state index contributed by atoms with van der Waals surface area (Å²) in [5.74, 6) is 0.675. The molecule has 3 rings (SSSR count). The summed E-state index contributed by atoms with van der Waals surface area (Å²) in [6, 6.07) is 19.5. The molecule has 150 valence electrons. The zero-order chi connectivity index (χ0) is 20.8. The summed E-state index contributed by atoms with van der Waals surface area (Å²) < 4.78 is 18.5. The summed E-state index contributed by atoms with van der Waals surface area (Å²) in [5.41, 5.74) is 2.33. The van der Waals surface area contributed by atoms with E-state index in [4.69, 9.17) is 16.3 Å². The quantitative estimate of drug-likeness (QED) is 0.521. The molecule has 3 aromatic rings. The second kappa shape index (κ2) is 9.69. The Labute approximate surface area is 178 Å². The number of rotatable bonds is 6.